The summed E-state index contributed by atoms with van der Waals surface area (Å²) >= 11 is 0. The number of hydrogen-bond donors (Lipinski definition) is 0. The summed E-state index contributed by atoms with van der Waals surface area (Å²) < 4.78 is 7.14. The van der Waals surface area contributed by atoms with Crippen LogP contribution < -0.4 is 0 Å². The van der Waals surface area contributed by atoms with Gasteiger partial charge in [-0.05, 0) is 26.3 Å². The molecule has 6 nitrogen and oxygen atoms in total. The van der Waals surface area contributed by atoms with Crippen LogP contribution in [-0.4, -0.2) is 59.2 Å². The van der Waals surface area contributed by atoms with E-state index in [-0.39, 0.29) is 12.0 Å². The van der Waals surface area contributed by atoms with Gasteiger partial charge in [-0.3, -0.25) is 4.79 Å². The Hall–Kier alpha value is -2.50. The van der Waals surface area contributed by atoms with Crippen molar-refractivity contribution in [1.82, 2.24) is 14.4 Å². The molecule has 1 aliphatic heterocycles. The van der Waals surface area contributed by atoms with E-state index in [0.29, 0.717) is 32.8 Å². The zero-order valence-electron chi connectivity index (χ0n) is 15.1. The zero-order chi connectivity index (χ0) is 18.0. The molecule has 0 radical (unpaired) electrons. The van der Waals surface area contributed by atoms with Crippen molar-refractivity contribution in [3.63, 3.8) is 0 Å². The van der Waals surface area contributed by atoms with Gasteiger partial charge in [-0.1, -0.05) is 18.2 Å². The fourth-order valence-corrected chi connectivity index (χ4v) is 3.47. The maximum absolute atomic E-state index is 13.2. The highest BCUT2D eigenvalue weighted by Crippen LogP contribution is 2.26. The van der Waals surface area contributed by atoms with Gasteiger partial charge in [0.15, 0.2) is 0 Å². The number of aryl methyl sites for hydroxylation is 1. The number of rotatable bonds is 2. The predicted octanol–water partition coefficient (Wildman–Crippen LogP) is 2.79. The minimum absolute atomic E-state index is 0.0417. The molecule has 1 fully saturated rings. The zero-order valence-corrected chi connectivity index (χ0v) is 15.1. The minimum Gasteiger partial charge on any atom is -0.450 e. The molecule has 0 unspecified atom stereocenters. The summed E-state index contributed by atoms with van der Waals surface area (Å²) in [6.07, 6.45) is 0.465. The number of hydrogen-bond acceptors (Lipinski definition) is 3. The maximum Gasteiger partial charge on any atom is 0.409 e. The molecule has 0 N–H and O–H groups in total. The van der Waals surface area contributed by atoms with E-state index >= 15 is 0 Å². The topological polar surface area (TPSA) is 54.8 Å². The Labute approximate surface area is 147 Å². The molecule has 3 rings (SSSR count). The van der Waals surface area contributed by atoms with E-state index in [2.05, 4.69) is 4.57 Å². The average molecular weight is 343 g/mol. The molecule has 0 atom stereocenters. The van der Waals surface area contributed by atoms with Crippen LogP contribution in [0.1, 0.15) is 29.4 Å². The summed E-state index contributed by atoms with van der Waals surface area (Å²) in [4.78, 5) is 28.6. The Morgan fingerprint density at radius 2 is 1.76 bits per heavy atom. The normalized spacial score (nSPS) is 15.3. The first-order valence-electron chi connectivity index (χ1n) is 8.79. The number of carbonyl (C=O) groups is 2. The van der Waals surface area contributed by atoms with E-state index < -0.39 is 0 Å². The first-order valence-corrected chi connectivity index (χ1v) is 8.79. The molecule has 1 aliphatic rings. The summed E-state index contributed by atoms with van der Waals surface area (Å²) in [6, 6.07) is 7.98. The van der Waals surface area contributed by atoms with Crippen molar-refractivity contribution in [2.45, 2.75) is 20.3 Å². The second kappa shape index (κ2) is 7.17. The number of benzene rings is 1. The molecular weight excluding hydrogens is 318 g/mol. The lowest BCUT2D eigenvalue weighted by Gasteiger charge is -2.22. The van der Waals surface area contributed by atoms with Crippen LogP contribution in [0, 0.1) is 6.92 Å². The molecule has 2 aromatic rings. The third kappa shape index (κ3) is 3.21. The number of ether oxygens (including phenoxy) is 1. The van der Waals surface area contributed by atoms with Crippen LogP contribution in [0.5, 0.6) is 0 Å². The Morgan fingerprint density at radius 1 is 1.08 bits per heavy atom. The first kappa shape index (κ1) is 17.3. The van der Waals surface area contributed by atoms with Crippen molar-refractivity contribution >= 4 is 22.9 Å². The highest BCUT2D eigenvalue weighted by molar-refractivity contribution is 6.08. The minimum atomic E-state index is -0.293. The van der Waals surface area contributed by atoms with Gasteiger partial charge < -0.3 is 19.1 Å². The molecule has 0 saturated carbocycles. The van der Waals surface area contributed by atoms with Crippen LogP contribution in [0.25, 0.3) is 10.9 Å². The van der Waals surface area contributed by atoms with Gasteiger partial charge in [0.2, 0.25) is 0 Å². The summed E-state index contributed by atoms with van der Waals surface area (Å²) in [5.74, 6) is 0.0417. The van der Waals surface area contributed by atoms with Crippen LogP contribution in [0.15, 0.2) is 24.3 Å². The number of para-hydroxylation sites is 1. The molecule has 1 aromatic heterocycles. The van der Waals surface area contributed by atoms with E-state index in [4.69, 9.17) is 4.74 Å². The molecule has 2 amide bonds. The Morgan fingerprint density at radius 3 is 2.52 bits per heavy atom. The summed E-state index contributed by atoms with van der Waals surface area (Å²) in [5.41, 5.74) is 2.80. The molecule has 25 heavy (non-hydrogen) atoms. The number of aromatic nitrogens is 1. The van der Waals surface area contributed by atoms with Crippen LogP contribution in [0.3, 0.4) is 0 Å². The average Bonchev–Trinajstić information content (AvgIpc) is 2.79. The lowest BCUT2D eigenvalue weighted by Crippen LogP contribution is -2.37. The van der Waals surface area contributed by atoms with Gasteiger partial charge in [0, 0.05) is 49.8 Å². The standard InChI is InChI=1S/C19H25N3O3/c1-4-25-19(24)22-11-7-10-21(12-13-22)18(23)17-14(2)20(3)16-9-6-5-8-15(16)17/h5-6,8-9H,4,7,10-13H2,1-3H3. The predicted molar refractivity (Wildman–Crippen MR) is 96.8 cm³/mol. The fraction of sp³-hybridized carbons (Fsp3) is 0.474. The van der Waals surface area contributed by atoms with E-state index in [1.54, 1.807) is 11.8 Å². The third-order valence-electron chi connectivity index (χ3n) is 4.92. The second-order valence-electron chi connectivity index (χ2n) is 6.37. The monoisotopic (exact) mass is 343 g/mol. The number of amides is 2. The largest absolute Gasteiger partial charge is 0.450 e. The summed E-state index contributed by atoms with van der Waals surface area (Å²) in [5, 5.41) is 0.985. The van der Waals surface area contributed by atoms with Crippen molar-refractivity contribution in [2.24, 2.45) is 7.05 Å². The molecule has 2 heterocycles. The molecule has 6 heteroatoms. The summed E-state index contributed by atoms with van der Waals surface area (Å²) in [7, 11) is 1.99. The Kier molecular flexibility index (Phi) is 4.97. The lowest BCUT2D eigenvalue weighted by molar-refractivity contribution is 0.0754. The van der Waals surface area contributed by atoms with Crippen molar-refractivity contribution in [3.05, 3.63) is 35.5 Å². The van der Waals surface area contributed by atoms with Gasteiger partial charge in [-0.2, -0.15) is 0 Å². The summed E-state index contributed by atoms with van der Waals surface area (Å²) in [6.45, 7) is 6.46. The highest BCUT2D eigenvalue weighted by atomic mass is 16.6. The van der Waals surface area contributed by atoms with Crippen LogP contribution in [0.2, 0.25) is 0 Å². The van der Waals surface area contributed by atoms with E-state index in [9.17, 15) is 9.59 Å². The van der Waals surface area contributed by atoms with Gasteiger partial charge in [0.25, 0.3) is 5.91 Å². The van der Waals surface area contributed by atoms with Crippen LogP contribution >= 0.6 is 0 Å². The quantitative estimate of drug-likeness (QED) is 0.842. The SMILES string of the molecule is CCOC(=O)N1CCCN(C(=O)c2c(C)n(C)c3ccccc23)CC1. The Bertz CT molecular complexity index is 797. The van der Waals surface area contributed by atoms with Crippen LogP contribution in [0.4, 0.5) is 4.79 Å². The lowest BCUT2D eigenvalue weighted by atomic mass is 10.1. The number of fused-ring (bicyclic) bond motifs is 1. The molecule has 0 bridgehead atoms. The fourth-order valence-electron chi connectivity index (χ4n) is 3.47. The van der Waals surface area contributed by atoms with Crippen molar-refractivity contribution in [1.29, 1.82) is 0 Å². The first-order chi connectivity index (χ1) is 12.0. The molecule has 0 aliphatic carbocycles. The second-order valence-corrected chi connectivity index (χ2v) is 6.37. The van der Waals surface area contributed by atoms with E-state index in [1.807, 2.05) is 43.1 Å². The smallest absolute Gasteiger partial charge is 0.409 e. The van der Waals surface area contributed by atoms with Crippen molar-refractivity contribution in [3.8, 4) is 0 Å². The van der Waals surface area contributed by atoms with Gasteiger partial charge in [0.05, 0.1) is 12.2 Å². The highest BCUT2D eigenvalue weighted by Gasteiger charge is 2.26. The number of carbonyl (C=O) groups excluding carboxylic acids is 2. The third-order valence-corrected chi connectivity index (χ3v) is 4.92. The number of nitrogens with zero attached hydrogens (tertiary/aromatic N) is 3. The van der Waals surface area contributed by atoms with Crippen molar-refractivity contribution in [2.75, 3.05) is 32.8 Å². The van der Waals surface area contributed by atoms with Gasteiger partial charge in [0.1, 0.15) is 0 Å². The molecule has 1 aromatic carbocycles. The van der Waals surface area contributed by atoms with Gasteiger partial charge >= 0.3 is 6.09 Å². The molecule has 134 valence electrons. The van der Waals surface area contributed by atoms with E-state index in [0.717, 1.165) is 28.6 Å². The van der Waals surface area contributed by atoms with E-state index in [1.165, 1.54) is 0 Å². The molecule has 0 spiro atoms. The maximum atomic E-state index is 13.2. The molecular formula is C19H25N3O3. The van der Waals surface area contributed by atoms with Gasteiger partial charge in [-0.25, -0.2) is 4.79 Å². The van der Waals surface area contributed by atoms with Crippen LogP contribution in [-0.2, 0) is 11.8 Å². The molecule has 1 saturated heterocycles. The van der Waals surface area contributed by atoms with Gasteiger partial charge in [-0.15, -0.1) is 0 Å². The Balaban J connectivity index is 1.83. The van der Waals surface area contributed by atoms with Crippen molar-refractivity contribution < 1.29 is 14.3 Å².